The van der Waals surface area contributed by atoms with E-state index in [1.54, 1.807) is 0 Å². The SMILES string of the molecule is CC(C)CN=C(NN)NCC1CN2CCCC2CO1. The lowest BCUT2D eigenvalue weighted by molar-refractivity contribution is -0.0453. The highest BCUT2D eigenvalue weighted by Crippen LogP contribution is 2.22. The summed E-state index contributed by atoms with van der Waals surface area (Å²) in [5.41, 5.74) is 2.61. The quantitative estimate of drug-likeness (QED) is 0.288. The molecule has 19 heavy (non-hydrogen) atoms. The number of nitrogens with one attached hydrogen (secondary N) is 2. The first-order valence-electron chi connectivity index (χ1n) is 7.29. The summed E-state index contributed by atoms with van der Waals surface area (Å²) in [5, 5.41) is 3.24. The molecule has 0 spiro atoms. The summed E-state index contributed by atoms with van der Waals surface area (Å²) in [7, 11) is 0. The van der Waals surface area contributed by atoms with E-state index in [0.29, 0.717) is 17.9 Å². The van der Waals surface area contributed by atoms with Gasteiger partial charge in [0, 0.05) is 25.7 Å². The van der Waals surface area contributed by atoms with Gasteiger partial charge in [0.05, 0.1) is 12.7 Å². The summed E-state index contributed by atoms with van der Waals surface area (Å²) in [5.74, 6) is 6.65. The zero-order chi connectivity index (χ0) is 13.7. The van der Waals surface area contributed by atoms with E-state index in [4.69, 9.17) is 10.6 Å². The van der Waals surface area contributed by atoms with Crippen LogP contribution in [0.15, 0.2) is 4.99 Å². The van der Waals surface area contributed by atoms with E-state index >= 15 is 0 Å². The Hall–Kier alpha value is -0.850. The average molecular weight is 269 g/mol. The van der Waals surface area contributed by atoms with Gasteiger partial charge in [-0.25, -0.2) is 5.84 Å². The van der Waals surface area contributed by atoms with Gasteiger partial charge in [0.25, 0.3) is 0 Å². The molecule has 2 atom stereocenters. The lowest BCUT2D eigenvalue weighted by atomic mass is 10.2. The van der Waals surface area contributed by atoms with Gasteiger partial charge in [0.1, 0.15) is 0 Å². The highest BCUT2D eigenvalue weighted by molar-refractivity contribution is 5.79. The van der Waals surface area contributed by atoms with Gasteiger partial charge in [0.15, 0.2) is 0 Å². The third kappa shape index (κ3) is 4.33. The fraction of sp³-hybridized carbons (Fsp3) is 0.923. The Labute approximate surface area is 115 Å². The lowest BCUT2D eigenvalue weighted by Gasteiger charge is -2.35. The molecule has 2 unspecified atom stereocenters. The van der Waals surface area contributed by atoms with Gasteiger partial charge >= 0.3 is 0 Å². The molecule has 0 saturated carbocycles. The van der Waals surface area contributed by atoms with Gasteiger partial charge in [-0.15, -0.1) is 0 Å². The molecule has 0 amide bonds. The standard InChI is InChI=1S/C13H27N5O/c1-10(2)6-15-13(17-14)16-7-12-8-18-5-3-4-11(18)9-19-12/h10-12H,3-9,14H2,1-2H3,(H2,15,16,17). The average Bonchev–Trinajstić information content (AvgIpc) is 2.86. The van der Waals surface area contributed by atoms with Crippen molar-refractivity contribution in [1.82, 2.24) is 15.6 Å². The summed E-state index contributed by atoms with van der Waals surface area (Å²) in [6, 6.07) is 0.651. The van der Waals surface area contributed by atoms with Crippen molar-refractivity contribution in [3.63, 3.8) is 0 Å². The maximum absolute atomic E-state index is 5.88. The molecule has 2 heterocycles. The number of nitrogens with zero attached hydrogens (tertiary/aromatic N) is 2. The topological polar surface area (TPSA) is 74.9 Å². The van der Waals surface area contributed by atoms with Crippen molar-refractivity contribution in [3.8, 4) is 0 Å². The zero-order valence-electron chi connectivity index (χ0n) is 12.1. The van der Waals surface area contributed by atoms with Gasteiger partial charge in [-0.2, -0.15) is 0 Å². The van der Waals surface area contributed by atoms with Crippen LogP contribution >= 0.6 is 0 Å². The van der Waals surface area contributed by atoms with Crippen LogP contribution in [-0.4, -0.2) is 55.8 Å². The van der Waals surface area contributed by atoms with E-state index in [-0.39, 0.29) is 6.10 Å². The molecular weight excluding hydrogens is 242 g/mol. The van der Waals surface area contributed by atoms with E-state index in [2.05, 4.69) is 34.5 Å². The monoisotopic (exact) mass is 269 g/mol. The Kier molecular flexibility index (Phi) is 5.42. The minimum absolute atomic E-state index is 0.229. The van der Waals surface area contributed by atoms with Crippen molar-refractivity contribution in [2.75, 3.05) is 32.8 Å². The first kappa shape index (κ1) is 14.6. The molecule has 2 aliphatic rings. The number of aliphatic imine (C=N–C) groups is 1. The van der Waals surface area contributed by atoms with Crippen LogP contribution < -0.4 is 16.6 Å². The largest absolute Gasteiger partial charge is 0.373 e. The second-order valence-corrected chi connectivity index (χ2v) is 5.85. The molecule has 2 fully saturated rings. The first-order chi connectivity index (χ1) is 9.19. The van der Waals surface area contributed by atoms with Crippen molar-refractivity contribution in [1.29, 1.82) is 0 Å². The minimum atomic E-state index is 0.229. The predicted octanol–water partition coefficient (Wildman–Crippen LogP) is -0.0855. The Balaban J connectivity index is 1.73. The lowest BCUT2D eigenvalue weighted by Crippen LogP contribution is -2.52. The van der Waals surface area contributed by atoms with Crippen LogP contribution in [0.1, 0.15) is 26.7 Å². The third-order valence-electron chi connectivity index (χ3n) is 3.71. The van der Waals surface area contributed by atoms with Gasteiger partial charge in [-0.05, 0) is 25.3 Å². The third-order valence-corrected chi connectivity index (χ3v) is 3.71. The van der Waals surface area contributed by atoms with Crippen molar-refractivity contribution in [2.45, 2.75) is 38.8 Å². The molecule has 6 nitrogen and oxygen atoms in total. The molecule has 6 heteroatoms. The number of hydrogen-bond acceptors (Lipinski definition) is 4. The fourth-order valence-corrected chi connectivity index (χ4v) is 2.65. The summed E-state index contributed by atoms with van der Waals surface area (Å²) in [6.45, 7) is 8.88. The Bertz CT molecular complexity index is 307. The van der Waals surface area contributed by atoms with Gasteiger partial charge in [-0.3, -0.25) is 15.3 Å². The second kappa shape index (κ2) is 7.07. The van der Waals surface area contributed by atoms with Gasteiger partial charge < -0.3 is 10.1 Å². The number of guanidine groups is 1. The number of morpholine rings is 1. The van der Waals surface area contributed by atoms with Crippen LogP contribution in [0.4, 0.5) is 0 Å². The molecule has 0 aromatic heterocycles. The predicted molar refractivity (Wildman–Crippen MR) is 76.8 cm³/mol. The van der Waals surface area contributed by atoms with Crippen LogP contribution in [0.25, 0.3) is 0 Å². The molecule has 0 bridgehead atoms. The molecule has 4 N–H and O–H groups in total. The highest BCUT2D eigenvalue weighted by Gasteiger charge is 2.31. The summed E-state index contributed by atoms with van der Waals surface area (Å²) >= 11 is 0. The molecule has 2 saturated heterocycles. The number of ether oxygens (including phenoxy) is 1. The Morgan fingerprint density at radius 3 is 3.11 bits per heavy atom. The number of fused-ring (bicyclic) bond motifs is 1. The molecule has 0 aliphatic carbocycles. The maximum atomic E-state index is 5.88. The van der Waals surface area contributed by atoms with E-state index in [9.17, 15) is 0 Å². The fourth-order valence-electron chi connectivity index (χ4n) is 2.65. The van der Waals surface area contributed by atoms with Gasteiger partial charge in [-0.1, -0.05) is 13.8 Å². The molecular formula is C13H27N5O. The van der Waals surface area contributed by atoms with Crippen LogP contribution in [0.2, 0.25) is 0 Å². The Morgan fingerprint density at radius 1 is 1.53 bits per heavy atom. The summed E-state index contributed by atoms with van der Waals surface area (Å²) < 4.78 is 5.88. The number of nitrogens with two attached hydrogens (primary N) is 1. The normalized spacial score (nSPS) is 28.5. The minimum Gasteiger partial charge on any atom is -0.373 e. The van der Waals surface area contributed by atoms with Crippen LogP contribution in [-0.2, 0) is 4.74 Å². The van der Waals surface area contributed by atoms with E-state index in [1.165, 1.54) is 19.4 Å². The highest BCUT2D eigenvalue weighted by atomic mass is 16.5. The summed E-state index contributed by atoms with van der Waals surface area (Å²) in [4.78, 5) is 6.93. The van der Waals surface area contributed by atoms with Crippen molar-refractivity contribution < 1.29 is 4.74 Å². The van der Waals surface area contributed by atoms with Crippen molar-refractivity contribution in [2.24, 2.45) is 16.8 Å². The first-order valence-corrected chi connectivity index (χ1v) is 7.29. The van der Waals surface area contributed by atoms with E-state index in [1.807, 2.05) is 0 Å². The smallest absolute Gasteiger partial charge is 0.205 e. The van der Waals surface area contributed by atoms with Crippen LogP contribution in [0.5, 0.6) is 0 Å². The molecule has 0 aromatic rings. The molecule has 2 rings (SSSR count). The molecule has 0 radical (unpaired) electrons. The number of hydrogen-bond donors (Lipinski definition) is 3. The van der Waals surface area contributed by atoms with Crippen molar-refractivity contribution in [3.05, 3.63) is 0 Å². The number of rotatable bonds is 4. The van der Waals surface area contributed by atoms with E-state index in [0.717, 1.165) is 26.2 Å². The number of hydrazine groups is 1. The summed E-state index contributed by atoms with van der Waals surface area (Å²) in [6.07, 6.45) is 2.82. The zero-order valence-corrected chi connectivity index (χ0v) is 12.1. The maximum Gasteiger partial charge on any atom is 0.205 e. The van der Waals surface area contributed by atoms with Crippen LogP contribution in [0.3, 0.4) is 0 Å². The molecule has 110 valence electrons. The van der Waals surface area contributed by atoms with Crippen molar-refractivity contribution >= 4 is 5.96 Å². The molecule has 0 aromatic carbocycles. The van der Waals surface area contributed by atoms with Gasteiger partial charge in [0.2, 0.25) is 5.96 Å². The Morgan fingerprint density at radius 2 is 2.37 bits per heavy atom. The second-order valence-electron chi connectivity index (χ2n) is 5.85. The van der Waals surface area contributed by atoms with Crippen LogP contribution in [0, 0.1) is 5.92 Å². The molecule has 2 aliphatic heterocycles. The van der Waals surface area contributed by atoms with E-state index < -0.39 is 0 Å².